The van der Waals surface area contributed by atoms with E-state index in [1.165, 1.54) is 5.56 Å². The minimum Gasteiger partial charge on any atom is -0.296 e. The lowest BCUT2D eigenvalue weighted by molar-refractivity contribution is 0.0926. The van der Waals surface area contributed by atoms with Crippen molar-refractivity contribution in [2.75, 3.05) is 19.6 Å². The molecule has 0 spiro atoms. The first kappa shape index (κ1) is 14.9. The smallest absolute Gasteiger partial charge is 0.177 e. The molecule has 0 N–H and O–H groups in total. The highest BCUT2D eigenvalue weighted by Gasteiger charge is 2.14. The summed E-state index contributed by atoms with van der Waals surface area (Å²) in [6.07, 6.45) is 0. The van der Waals surface area contributed by atoms with Gasteiger partial charge in [-0.1, -0.05) is 44.5 Å². The predicted octanol–water partition coefficient (Wildman–Crippen LogP) is 3.46. The molecule has 18 heavy (non-hydrogen) atoms. The molecule has 0 aliphatic rings. The normalized spacial score (nSPS) is 11.3. The molecule has 1 aromatic carbocycles. The zero-order chi connectivity index (χ0) is 13.7. The van der Waals surface area contributed by atoms with Crippen molar-refractivity contribution in [2.45, 2.75) is 34.6 Å². The second-order valence-corrected chi connectivity index (χ2v) is 5.46. The molecular formula is C16H25NO. The molecule has 0 bridgehead atoms. The summed E-state index contributed by atoms with van der Waals surface area (Å²) in [5, 5.41) is 0. The van der Waals surface area contributed by atoms with E-state index in [2.05, 4.69) is 38.7 Å². The quantitative estimate of drug-likeness (QED) is 0.717. The van der Waals surface area contributed by atoms with Crippen molar-refractivity contribution in [1.29, 1.82) is 0 Å². The van der Waals surface area contributed by atoms with Crippen LogP contribution in [0.2, 0.25) is 0 Å². The molecular weight excluding hydrogens is 222 g/mol. The Morgan fingerprint density at radius 1 is 1.28 bits per heavy atom. The lowest BCUT2D eigenvalue weighted by Crippen LogP contribution is -2.33. The monoisotopic (exact) mass is 247 g/mol. The van der Waals surface area contributed by atoms with Crippen LogP contribution in [0.4, 0.5) is 0 Å². The van der Waals surface area contributed by atoms with Crippen LogP contribution in [-0.2, 0) is 0 Å². The average molecular weight is 247 g/mol. The van der Waals surface area contributed by atoms with Crippen molar-refractivity contribution in [3.63, 3.8) is 0 Å². The lowest BCUT2D eigenvalue weighted by atomic mass is 10.0. The molecule has 1 rings (SSSR count). The van der Waals surface area contributed by atoms with Gasteiger partial charge in [0, 0.05) is 12.1 Å². The maximum atomic E-state index is 12.3. The van der Waals surface area contributed by atoms with Crippen molar-refractivity contribution < 1.29 is 4.79 Å². The molecule has 0 aliphatic carbocycles. The number of benzene rings is 1. The fraction of sp³-hybridized carbons (Fsp3) is 0.562. The van der Waals surface area contributed by atoms with E-state index in [0.29, 0.717) is 12.5 Å². The Balaban J connectivity index is 2.74. The van der Waals surface area contributed by atoms with Gasteiger partial charge < -0.3 is 0 Å². The van der Waals surface area contributed by atoms with Crippen LogP contribution in [0.5, 0.6) is 0 Å². The molecule has 0 fully saturated rings. The molecule has 0 heterocycles. The average Bonchev–Trinajstić information content (AvgIpc) is 2.27. The molecule has 2 heteroatoms. The van der Waals surface area contributed by atoms with Crippen molar-refractivity contribution >= 4 is 5.78 Å². The Morgan fingerprint density at radius 2 is 1.94 bits per heavy atom. The van der Waals surface area contributed by atoms with E-state index in [1.54, 1.807) is 0 Å². The molecule has 0 aromatic heterocycles. The molecule has 1 aromatic rings. The molecule has 2 nitrogen and oxygen atoms in total. The van der Waals surface area contributed by atoms with Gasteiger partial charge in [-0.25, -0.2) is 0 Å². The van der Waals surface area contributed by atoms with Crippen LogP contribution < -0.4 is 0 Å². The molecule has 0 atom stereocenters. The second kappa shape index (κ2) is 6.69. The topological polar surface area (TPSA) is 20.3 Å². The Morgan fingerprint density at radius 3 is 2.44 bits per heavy atom. The Labute approximate surface area is 111 Å². The van der Waals surface area contributed by atoms with Crippen molar-refractivity contribution in [3.05, 3.63) is 34.9 Å². The van der Waals surface area contributed by atoms with Gasteiger partial charge >= 0.3 is 0 Å². The zero-order valence-electron chi connectivity index (χ0n) is 12.3. The third-order valence-corrected chi connectivity index (χ3v) is 3.12. The van der Waals surface area contributed by atoms with Crippen molar-refractivity contribution in [3.8, 4) is 0 Å². The SMILES string of the molecule is CCN(CC(=O)c1ccc(C)cc1C)CC(C)C. The summed E-state index contributed by atoms with van der Waals surface area (Å²) in [4.78, 5) is 14.5. The van der Waals surface area contributed by atoms with Gasteiger partial charge in [-0.3, -0.25) is 9.69 Å². The zero-order valence-corrected chi connectivity index (χ0v) is 12.3. The first-order chi connectivity index (χ1) is 8.43. The van der Waals surface area contributed by atoms with E-state index in [1.807, 2.05) is 19.1 Å². The Hall–Kier alpha value is -1.15. The maximum absolute atomic E-state index is 12.3. The fourth-order valence-electron chi connectivity index (χ4n) is 2.24. The third-order valence-electron chi connectivity index (χ3n) is 3.12. The van der Waals surface area contributed by atoms with Crippen LogP contribution in [0.25, 0.3) is 0 Å². The van der Waals surface area contributed by atoms with E-state index < -0.39 is 0 Å². The fourth-order valence-corrected chi connectivity index (χ4v) is 2.24. The third kappa shape index (κ3) is 4.26. The van der Waals surface area contributed by atoms with Crippen LogP contribution in [0, 0.1) is 19.8 Å². The summed E-state index contributed by atoms with van der Waals surface area (Å²) in [6, 6.07) is 6.04. The molecule has 0 saturated heterocycles. The Kier molecular flexibility index (Phi) is 5.54. The van der Waals surface area contributed by atoms with Crippen LogP contribution >= 0.6 is 0 Å². The first-order valence-electron chi connectivity index (χ1n) is 6.76. The number of Topliss-reactive ketones (excluding diaryl/α,β-unsaturated/α-hetero) is 1. The number of carbonyl (C=O) groups excluding carboxylic acids is 1. The number of likely N-dealkylation sites (N-methyl/N-ethyl adjacent to an activating group) is 1. The van der Waals surface area contributed by atoms with Gasteiger partial charge in [0.25, 0.3) is 0 Å². The van der Waals surface area contributed by atoms with E-state index in [-0.39, 0.29) is 5.78 Å². The van der Waals surface area contributed by atoms with E-state index in [4.69, 9.17) is 0 Å². The van der Waals surface area contributed by atoms with Crippen LogP contribution in [-0.4, -0.2) is 30.3 Å². The number of nitrogens with zero attached hydrogens (tertiary/aromatic N) is 1. The molecule has 0 saturated carbocycles. The number of hydrogen-bond acceptors (Lipinski definition) is 2. The maximum Gasteiger partial charge on any atom is 0.177 e. The molecule has 100 valence electrons. The predicted molar refractivity (Wildman–Crippen MR) is 77.2 cm³/mol. The number of rotatable bonds is 6. The minimum absolute atomic E-state index is 0.231. The number of ketones is 1. The Bertz CT molecular complexity index is 410. The summed E-state index contributed by atoms with van der Waals surface area (Å²) < 4.78 is 0. The summed E-state index contributed by atoms with van der Waals surface area (Å²) in [5.74, 6) is 0.826. The molecule has 0 unspecified atom stereocenters. The van der Waals surface area contributed by atoms with Gasteiger partial charge in [-0.2, -0.15) is 0 Å². The largest absolute Gasteiger partial charge is 0.296 e. The van der Waals surface area contributed by atoms with Crippen LogP contribution in [0.15, 0.2) is 18.2 Å². The highest BCUT2D eigenvalue weighted by atomic mass is 16.1. The van der Waals surface area contributed by atoms with E-state index in [9.17, 15) is 4.79 Å². The first-order valence-corrected chi connectivity index (χ1v) is 6.76. The van der Waals surface area contributed by atoms with E-state index >= 15 is 0 Å². The van der Waals surface area contributed by atoms with Gasteiger partial charge in [-0.15, -0.1) is 0 Å². The second-order valence-electron chi connectivity index (χ2n) is 5.46. The molecule has 0 radical (unpaired) electrons. The van der Waals surface area contributed by atoms with Crippen molar-refractivity contribution in [2.24, 2.45) is 5.92 Å². The van der Waals surface area contributed by atoms with Gasteiger partial charge in [0.05, 0.1) is 6.54 Å². The number of carbonyl (C=O) groups is 1. The van der Waals surface area contributed by atoms with Gasteiger partial charge in [0.1, 0.15) is 0 Å². The van der Waals surface area contributed by atoms with Gasteiger partial charge in [0.2, 0.25) is 0 Å². The number of hydrogen-bond donors (Lipinski definition) is 0. The van der Waals surface area contributed by atoms with Crippen LogP contribution in [0.1, 0.15) is 42.3 Å². The summed E-state index contributed by atoms with van der Waals surface area (Å²) >= 11 is 0. The van der Waals surface area contributed by atoms with Gasteiger partial charge in [-0.05, 0) is 31.9 Å². The standard InChI is InChI=1S/C16H25NO/c1-6-17(10-12(2)3)11-16(18)15-8-7-13(4)9-14(15)5/h7-9,12H,6,10-11H2,1-5H3. The van der Waals surface area contributed by atoms with E-state index in [0.717, 1.165) is 24.2 Å². The molecule has 0 aliphatic heterocycles. The van der Waals surface area contributed by atoms with Crippen LogP contribution in [0.3, 0.4) is 0 Å². The summed E-state index contributed by atoms with van der Waals surface area (Å²) in [7, 11) is 0. The number of aryl methyl sites for hydroxylation is 2. The minimum atomic E-state index is 0.231. The highest BCUT2D eigenvalue weighted by Crippen LogP contribution is 2.12. The summed E-state index contributed by atoms with van der Waals surface area (Å²) in [6.45, 7) is 13.0. The lowest BCUT2D eigenvalue weighted by Gasteiger charge is -2.22. The van der Waals surface area contributed by atoms with Gasteiger partial charge in [0.15, 0.2) is 5.78 Å². The summed E-state index contributed by atoms with van der Waals surface area (Å²) in [5.41, 5.74) is 3.15. The van der Waals surface area contributed by atoms with Crippen molar-refractivity contribution in [1.82, 2.24) is 4.90 Å². The molecule has 0 amide bonds. The highest BCUT2D eigenvalue weighted by molar-refractivity contribution is 5.98.